The number of aromatic nitrogens is 1. The van der Waals surface area contributed by atoms with Gasteiger partial charge in [0.1, 0.15) is 10.8 Å². The van der Waals surface area contributed by atoms with E-state index in [1.165, 1.54) is 11.1 Å². The van der Waals surface area contributed by atoms with Gasteiger partial charge in [0.2, 0.25) is 0 Å². The van der Waals surface area contributed by atoms with Gasteiger partial charge in [-0.15, -0.1) is 11.3 Å². The van der Waals surface area contributed by atoms with Gasteiger partial charge in [-0.3, -0.25) is 0 Å². The topological polar surface area (TPSA) is 22.1 Å². The van der Waals surface area contributed by atoms with Crippen molar-refractivity contribution in [2.45, 2.75) is 13.8 Å². The Balaban J connectivity index is 2.55. The molecule has 0 amide bonds. The summed E-state index contributed by atoms with van der Waals surface area (Å²) >= 11 is 1.66. The number of hydrogen-bond acceptors (Lipinski definition) is 3. The highest BCUT2D eigenvalue weighted by atomic mass is 32.1. The van der Waals surface area contributed by atoms with Crippen molar-refractivity contribution in [2.75, 3.05) is 7.11 Å². The maximum absolute atomic E-state index is 5.28. The summed E-state index contributed by atoms with van der Waals surface area (Å²) in [6, 6.07) is 4.19. The van der Waals surface area contributed by atoms with Gasteiger partial charge in [0, 0.05) is 17.1 Å². The second kappa shape index (κ2) is 4.03. The van der Waals surface area contributed by atoms with Gasteiger partial charge in [0.25, 0.3) is 0 Å². The molecule has 3 heteroatoms. The summed E-state index contributed by atoms with van der Waals surface area (Å²) in [5.74, 6) is 0.938. The van der Waals surface area contributed by atoms with Crippen LogP contribution in [0.4, 0.5) is 0 Å². The molecular weight excluding hydrogens is 206 g/mol. The molecule has 0 aliphatic heterocycles. The van der Waals surface area contributed by atoms with E-state index in [0.29, 0.717) is 0 Å². The summed E-state index contributed by atoms with van der Waals surface area (Å²) in [5.41, 5.74) is 3.55. The minimum Gasteiger partial charge on any atom is -0.496 e. The number of methoxy groups -OCH3 is 1. The van der Waals surface area contributed by atoms with E-state index in [1.54, 1.807) is 18.4 Å². The Bertz CT molecular complexity index is 463. The lowest BCUT2D eigenvalue weighted by molar-refractivity contribution is 0.411. The van der Waals surface area contributed by atoms with Crippen molar-refractivity contribution in [3.05, 3.63) is 34.8 Å². The van der Waals surface area contributed by atoms with Crippen LogP contribution in [0.15, 0.2) is 23.7 Å². The van der Waals surface area contributed by atoms with Crippen LogP contribution in [0, 0.1) is 13.8 Å². The lowest BCUT2D eigenvalue weighted by Gasteiger charge is -2.09. The molecule has 2 nitrogen and oxygen atoms in total. The molecule has 0 aliphatic rings. The number of ether oxygens (including phenoxy) is 1. The zero-order valence-electron chi connectivity index (χ0n) is 9.07. The predicted octanol–water partition coefficient (Wildman–Crippen LogP) is 3.44. The monoisotopic (exact) mass is 219 g/mol. The predicted molar refractivity (Wildman–Crippen MR) is 63.6 cm³/mol. The van der Waals surface area contributed by atoms with E-state index >= 15 is 0 Å². The SMILES string of the molecule is COc1cc(C)c(-c2nccs2)cc1C. The second-order valence-corrected chi connectivity index (χ2v) is 4.37. The normalized spacial score (nSPS) is 10.3. The molecule has 0 aliphatic carbocycles. The largest absolute Gasteiger partial charge is 0.496 e. The van der Waals surface area contributed by atoms with Crippen molar-refractivity contribution in [2.24, 2.45) is 0 Å². The molecule has 0 spiro atoms. The lowest BCUT2D eigenvalue weighted by atomic mass is 10.1. The van der Waals surface area contributed by atoms with E-state index in [-0.39, 0.29) is 0 Å². The first-order valence-electron chi connectivity index (χ1n) is 4.77. The summed E-state index contributed by atoms with van der Waals surface area (Å²) in [5, 5.41) is 3.06. The number of rotatable bonds is 2. The van der Waals surface area contributed by atoms with Crippen LogP contribution in [0.1, 0.15) is 11.1 Å². The van der Waals surface area contributed by atoms with Crippen LogP contribution in [0.5, 0.6) is 5.75 Å². The first-order chi connectivity index (χ1) is 7.22. The number of benzene rings is 1. The van der Waals surface area contributed by atoms with Gasteiger partial charge in [-0.25, -0.2) is 4.98 Å². The molecule has 78 valence electrons. The third-order valence-corrected chi connectivity index (χ3v) is 3.21. The molecule has 1 aromatic heterocycles. The summed E-state index contributed by atoms with van der Waals surface area (Å²) in [4.78, 5) is 4.32. The highest BCUT2D eigenvalue weighted by molar-refractivity contribution is 7.13. The summed E-state index contributed by atoms with van der Waals surface area (Å²) in [7, 11) is 1.70. The number of nitrogens with zero attached hydrogens (tertiary/aromatic N) is 1. The van der Waals surface area contributed by atoms with E-state index in [1.807, 2.05) is 11.6 Å². The summed E-state index contributed by atoms with van der Waals surface area (Å²) in [6.07, 6.45) is 1.83. The summed E-state index contributed by atoms with van der Waals surface area (Å²) in [6.45, 7) is 4.13. The highest BCUT2D eigenvalue weighted by Crippen LogP contribution is 2.30. The molecule has 0 bridgehead atoms. The molecule has 1 aromatic carbocycles. The average Bonchev–Trinajstić information content (AvgIpc) is 2.74. The van der Waals surface area contributed by atoms with Gasteiger partial charge in [-0.05, 0) is 37.1 Å². The quantitative estimate of drug-likeness (QED) is 0.772. The molecule has 0 fully saturated rings. The Morgan fingerprint density at radius 3 is 2.60 bits per heavy atom. The minimum absolute atomic E-state index is 0.938. The van der Waals surface area contributed by atoms with Crippen LogP contribution in [0.25, 0.3) is 10.6 Å². The van der Waals surface area contributed by atoms with Crippen molar-refractivity contribution >= 4 is 11.3 Å². The Morgan fingerprint density at radius 1 is 1.20 bits per heavy atom. The average molecular weight is 219 g/mol. The van der Waals surface area contributed by atoms with Gasteiger partial charge >= 0.3 is 0 Å². The molecule has 0 N–H and O–H groups in total. The molecule has 1 heterocycles. The number of aryl methyl sites for hydroxylation is 2. The molecular formula is C12H13NOS. The fourth-order valence-corrected chi connectivity index (χ4v) is 2.32. The van der Waals surface area contributed by atoms with Crippen LogP contribution in [0.2, 0.25) is 0 Å². The lowest BCUT2D eigenvalue weighted by Crippen LogP contribution is -1.90. The molecule has 2 rings (SSSR count). The van der Waals surface area contributed by atoms with Gasteiger partial charge < -0.3 is 4.74 Å². The fourth-order valence-electron chi connectivity index (χ4n) is 1.60. The Hall–Kier alpha value is -1.35. The van der Waals surface area contributed by atoms with Crippen LogP contribution in [-0.2, 0) is 0 Å². The zero-order valence-corrected chi connectivity index (χ0v) is 9.89. The Labute approximate surface area is 93.6 Å². The Morgan fingerprint density at radius 2 is 2.00 bits per heavy atom. The van der Waals surface area contributed by atoms with Gasteiger partial charge in [0.05, 0.1) is 7.11 Å². The van der Waals surface area contributed by atoms with Crippen molar-refractivity contribution in [1.29, 1.82) is 0 Å². The van der Waals surface area contributed by atoms with E-state index in [2.05, 4.69) is 31.0 Å². The third-order valence-electron chi connectivity index (χ3n) is 2.40. The minimum atomic E-state index is 0.938. The van der Waals surface area contributed by atoms with Crippen molar-refractivity contribution in [1.82, 2.24) is 4.98 Å². The van der Waals surface area contributed by atoms with Crippen molar-refractivity contribution in [3.8, 4) is 16.3 Å². The molecule has 15 heavy (non-hydrogen) atoms. The maximum atomic E-state index is 5.28. The second-order valence-electron chi connectivity index (χ2n) is 3.47. The Kier molecular flexibility index (Phi) is 2.73. The van der Waals surface area contributed by atoms with E-state index in [4.69, 9.17) is 4.74 Å². The van der Waals surface area contributed by atoms with Gasteiger partial charge in [0.15, 0.2) is 0 Å². The van der Waals surface area contributed by atoms with Crippen LogP contribution in [-0.4, -0.2) is 12.1 Å². The highest BCUT2D eigenvalue weighted by Gasteiger charge is 2.08. The molecule has 0 saturated carbocycles. The molecule has 2 aromatic rings. The van der Waals surface area contributed by atoms with E-state index < -0.39 is 0 Å². The zero-order chi connectivity index (χ0) is 10.8. The molecule has 0 radical (unpaired) electrons. The summed E-state index contributed by atoms with van der Waals surface area (Å²) < 4.78 is 5.28. The number of hydrogen-bond donors (Lipinski definition) is 0. The first-order valence-corrected chi connectivity index (χ1v) is 5.65. The molecule has 0 saturated heterocycles. The fraction of sp³-hybridized carbons (Fsp3) is 0.250. The van der Waals surface area contributed by atoms with E-state index in [0.717, 1.165) is 16.3 Å². The third kappa shape index (κ3) is 1.88. The van der Waals surface area contributed by atoms with Crippen LogP contribution < -0.4 is 4.74 Å². The van der Waals surface area contributed by atoms with Crippen LogP contribution in [0.3, 0.4) is 0 Å². The van der Waals surface area contributed by atoms with Crippen molar-refractivity contribution in [3.63, 3.8) is 0 Å². The number of thiazole rings is 1. The molecule has 0 atom stereocenters. The van der Waals surface area contributed by atoms with E-state index in [9.17, 15) is 0 Å². The molecule has 0 unspecified atom stereocenters. The maximum Gasteiger partial charge on any atom is 0.123 e. The standard InChI is InChI=1S/C12H13NOS/c1-8-7-11(14-3)9(2)6-10(8)12-13-4-5-15-12/h4-7H,1-3H3. The first kappa shape index (κ1) is 10.2. The van der Waals surface area contributed by atoms with Crippen molar-refractivity contribution < 1.29 is 4.74 Å². The van der Waals surface area contributed by atoms with Crippen LogP contribution >= 0.6 is 11.3 Å². The van der Waals surface area contributed by atoms with Gasteiger partial charge in [-0.1, -0.05) is 0 Å². The van der Waals surface area contributed by atoms with Gasteiger partial charge in [-0.2, -0.15) is 0 Å². The smallest absolute Gasteiger partial charge is 0.123 e.